The van der Waals surface area contributed by atoms with E-state index in [9.17, 15) is 13.2 Å². The molecule has 0 spiro atoms. The summed E-state index contributed by atoms with van der Waals surface area (Å²) in [5.74, 6) is -0.209. The number of hydrogen-bond donors (Lipinski definition) is 1. The standard InChI is InChI=1S/C20H29N3O4S/c1-6-11-23-18-9-8-17(28(25,26)22(4)5)13-16(18)14-19(23)20(24)21-10-7-12-27-15(2)3/h6,8-9,13-15H,1,7,10-12H2,2-5H3,(H,21,24). The summed E-state index contributed by atoms with van der Waals surface area (Å²) < 4.78 is 33.2. The third-order valence-electron chi connectivity index (χ3n) is 4.25. The average molecular weight is 408 g/mol. The van der Waals surface area contributed by atoms with Crippen LogP contribution in [-0.2, 0) is 21.3 Å². The van der Waals surface area contributed by atoms with Gasteiger partial charge in [-0.2, -0.15) is 0 Å². The molecule has 154 valence electrons. The summed E-state index contributed by atoms with van der Waals surface area (Å²) in [6.07, 6.45) is 2.59. The first-order chi connectivity index (χ1) is 13.2. The molecule has 0 atom stereocenters. The molecule has 1 aromatic carbocycles. The topological polar surface area (TPSA) is 80.6 Å². The van der Waals surface area contributed by atoms with Gasteiger partial charge in [-0.25, -0.2) is 12.7 Å². The Balaban J connectivity index is 2.28. The maximum absolute atomic E-state index is 12.7. The molecule has 0 aliphatic heterocycles. The van der Waals surface area contributed by atoms with Crippen LogP contribution in [0.15, 0.2) is 41.8 Å². The Bertz CT molecular complexity index is 946. The van der Waals surface area contributed by atoms with E-state index in [0.717, 1.165) is 11.9 Å². The first-order valence-corrected chi connectivity index (χ1v) is 10.7. The number of carbonyl (C=O) groups is 1. The highest BCUT2D eigenvalue weighted by atomic mass is 32.2. The van der Waals surface area contributed by atoms with Crippen LogP contribution in [0, 0.1) is 0 Å². The van der Waals surface area contributed by atoms with Crippen molar-refractivity contribution in [2.24, 2.45) is 0 Å². The first kappa shape index (κ1) is 22.1. The summed E-state index contributed by atoms with van der Waals surface area (Å²) in [5.41, 5.74) is 1.25. The molecule has 1 aromatic heterocycles. The highest BCUT2D eigenvalue weighted by Gasteiger charge is 2.20. The summed E-state index contributed by atoms with van der Waals surface area (Å²) in [6.45, 7) is 9.22. The van der Waals surface area contributed by atoms with Gasteiger partial charge in [0.25, 0.3) is 5.91 Å². The zero-order chi connectivity index (χ0) is 20.9. The Kier molecular flexibility index (Phi) is 7.40. The van der Waals surface area contributed by atoms with Crippen molar-refractivity contribution < 1.29 is 17.9 Å². The number of amides is 1. The van der Waals surface area contributed by atoms with Crippen molar-refractivity contribution in [2.75, 3.05) is 27.2 Å². The summed E-state index contributed by atoms with van der Waals surface area (Å²) >= 11 is 0. The Morgan fingerprint density at radius 2 is 2.04 bits per heavy atom. The molecular formula is C20H29N3O4S. The number of fused-ring (bicyclic) bond motifs is 1. The van der Waals surface area contributed by atoms with Gasteiger partial charge in [0.05, 0.1) is 11.0 Å². The average Bonchev–Trinajstić information content (AvgIpc) is 2.99. The first-order valence-electron chi connectivity index (χ1n) is 9.25. The van der Waals surface area contributed by atoms with Gasteiger partial charge in [0.1, 0.15) is 5.69 Å². The molecule has 1 N–H and O–H groups in total. The van der Waals surface area contributed by atoms with Crippen molar-refractivity contribution in [1.82, 2.24) is 14.2 Å². The fourth-order valence-corrected chi connectivity index (χ4v) is 3.76. The largest absolute Gasteiger partial charge is 0.379 e. The second kappa shape index (κ2) is 9.36. The molecule has 2 aromatic rings. The van der Waals surface area contributed by atoms with E-state index in [2.05, 4.69) is 11.9 Å². The predicted molar refractivity (Wildman–Crippen MR) is 111 cm³/mol. The van der Waals surface area contributed by atoms with Gasteiger partial charge >= 0.3 is 0 Å². The van der Waals surface area contributed by atoms with Crippen molar-refractivity contribution in [3.05, 3.63) is 42.6 Å². The fraction of sp³-hybridized carbons (Fsp3) is 0.450. The molecule has 0 radical (unpaired) electrons. The van der Waals surface area contributed by atoms with E-state index in [1.807, 2.05) is 18.4 Å². The van der Waals surface area contributed by atoms with Gasteiger partial charge in [-0.1, -0.05) is 6.08 Å². The Hall–Kier alpha value is -2.16. The summed E-state index contributed by atoms with van der Waals surface area (Å²) in [4.78, 5) is 12.9. The van der Waals surface area contributed by atoms with Crippen molar-refractivity contribution in [2.45, 2.75) is 37.8 Å². The Morgan fingerprint density at radius 1 is 1.32 bits per heavy atom. The van der Waals surface area contributed by atoms with E-state index in [1.54, 1.807) is 30.3 Å². The van der Waals surface area contributed by atoms with Gasteiger partial charge in [0.15, 0.2) is 0 Å². The fourth-order valence-electron chi connectivity index (χ4n) is 2.82. The number of hydrogen-bond acceptors (Lipinski definition) is 4. The molecule has 2 rings (SSSR count). The van der Waals surface area contributed by atoms with Crippen LogP contribution in [0.4, 0.5) is 0 Å². The minimum atomic E-state index is -3.54. The lowest BCUT2D eigenvalue weighted by Crippen LogP contribution is -2.27. The molecule has 1 heterocycles. The smallest absolute Gasteiger partial charge is 0.267 e. The van der Waals surface area contributed by atoms with Gasteiger partial charge in [-0.05, 0) is 44.5 Å². The molecule has 7 nitrogen and oxygen atoms in total. The van der Waals surface area contributed by atoms with Crippen LogP contribution in [0.2, 0.25) is 0 Å². The number of allylic oxidation sites excluding steroid dienone is 1. The van der Waals surface area contributed by atoms with Gasteiger partial charge in [-0.15, -0.1) is 6.58 Å². The minimum absolute atomic E-state index is 0.165. The second-order valence-electron chi connectivity index (χ2n) is 6.97. The lowest BCUT2D eigenvalue weighted by molar-refractivity contribution is 0.0756. The lowest BCUT2D eigenvalue weighted by atomic mass is 10.2. The monoisotopic (exact) mass is 407 g/mol. The maximum atomic E-state index is 12.7. The number of carbonyl (C=O) groups excluding carboxylic acids is 1. The summed E-state index contributed by atoms with van der Waals surface area (Å²) in [6, 6.07) is 6.59. The zero-order valence-electron chi connectivity index (χ0n) is 16.9. The molecule has 0 aliphatic carbocycles. The molecule has 1 amide bonds. The highest BCUT2D eigenvalue weighted by molar-refractivity contribution is 7.89. The molecule has 0 unspecified atom stereocenters. The van der Waals surface area contributed by atoms with Crippen LogP contribution in [-0.4, -0.2) is 56.5 Å². The van der Waals surface area contributed by atoms with Crippen LogP contribution in [0.5, 0.6) is 0 Å². The molecular weight excluding hydrogens is 378 g/mol. The van der Waals surface area contributed by atoms with Gasteiger partial charge < -0.3 is 14.6 Å². The second-order valence-corrected chi connectivity index (χ2v) is 9.12. The van der Waals surface area contributed by atoms with Crippen molar-refractivity contribution >= 4 is 26.8 Å². The van der Waals surface area contributed by atoms with Gasteiger partial charge in [-0.3, -0.25) is 4.79 Å². The van der Waals surface area contributed by atoms with E-state index >= 15 is 0 Å². The number of ether oxygens (including phenoxy) is 1. The van der Waals surface area contributed by atoms with E-state index in [-0.39, 0.29) is 16.9 Å². The van der Waals surface area contributed by atoms with Crippen LogP contribution >= 0.6 is 0 Å². The van der Waals surface area contributed by atoms with Crippen molar-refractivity contribution in [3.63, 3.8) is 0 Å². The molecule has 28 heavy (non-hydrogen) atoms. The van der Waals surface area contributed by atoms with Crippen LogP contribution < -0.4 is 5.32 Å². The van der Waals surface area contributed by atoms with E-state index in [1.165, 1.54) is 18.4 Å². The predicted octanol–water partition coefficient (Wildman–Crippen LogP) is 2.62. The Morgan fingerprint density at radius 3 is 2.64 bits per heavy atom. The molecule has 0 bridgehead atoms. The molecule has 0 saturated carbocycles. The number of aromatic nitrogens is 1. The SMILES string of the molecule is C=CCn1c(C(=O)NCCCOC(C)C)cc2cc(S(=O)(=O)N(C)C)ccc21. The van der Waals surface area contributed by atoms with Crippen LogP contribution in [0.25, 0.3) is 10.9 Å². The highest BCUT2D eigenvalue weighted by Crippen LogP contribution is 2.25. The van der Waals surface area contributed by atoms with Gasteiger partial charge in [0, 0.05) is 44.7 Å². The normalized spacial score (nSPS) is 12.1. The third kappa shape index (κ3) is 5.01. The molecule has 0 fully saturated rings. The Labute approximate surface area is 167 Å². The van der Waals surface area contributed by atoms with Crippen LogP contribution in [0.3, 0.4) is 0 Å². The van der Waals surface area contributed by atoms with E-state index < -0.39 is 10.0 Å². The van der Waals surface area contributed by atoms with Crippen molar-refractivity contribution in [1.29, 1.82) is 0 Å². The van der Waals surface area contributed by atoms with E-state index in [4.69, 9.17) is 4.74 Å². The molecule has 0 saturated heterocycles. The summed E-state index contributed by atoms with van der Waals surface area (Å²) in [7, 11) is -0.562. The van der Waals surface area contributed by atoms with E-state index in [0.29, 0.717) is 30.8 Å². The number of benzene rings is 1. The summed E-state index contributed by atoms with van der Waals surface area (Å²) in [5, 5.41) is 3.59. The molecule has 0 aliphatic rings. The van der Waals surface area contributed by atoms with Crippen LogP contribution in [0.1, 0.15) is 30.8 Å². The van der Waals surface area contributed by atoms with Gasteiger partial charge in [0.2, 0.25) is 10.0 Å². The maximum Gasteiger partial charge on any atom is 0.267 e. The number of rotatable bonds is 10. The number of nitrogens with one attached hydrogen (secondary N) is 1. The third-order valence-corrected chi connectivity index (χ3v) is 6.06. The van der Waals surface area contributed by atoms with Crippen molar-refractivity contribution in [3.8, 4) is 0 Å². The lowest BCUT2D eigenvalue weighted by Gasteiger charge is -2.12. The number of sulfonamides is 1. The molecule has 8 heteroatoms. The number of nitrogens with zero attached hydrogens (tertiary/aromatic N) is 2. The quantitative estimate of drug-likeness (QED) is 0.485. The minimum Gasteiger partial charge on any atom is -0.379 e. The zero-order valence-corrected chi connectivity index (χ0v) is 17.8.